The Kier molecular flexibility index (Phi) is 5.76. The third kappa shape index (κ3) is 4.24. The molecule has 0 spiro atoms. The summed E-state index contributed by atoms with van der Waals surface area (Å²) in [4.78, 5) is 25.2. The van der Waals surface area contributed by atoms with Gasteiger partial charge >= 0.3 is 0 Å². The number of halogens is 1. The van der Waals surface area contributed by atoms with Crippen molar-refractivity contribution in [1.82, 2.24) is 0 Å². The molecular formula is C24H19FN2O5. The van der Waals surface area contributed by atoms with E-state index in [1.807, 2.05) is 6.07 Å². The summed E-state index contributed by atoms with van der Waals surface area (Å²) in [6.45, 7) is 0. The quantitative estimate of drug-likeness (QED) is 0.441. The second kappa shape index (κ2) is 8.81. The van der Waals surface area contributed by atoms with Crippen LogP contribution in [-0.4, -0.2) is 26.0 Å². The summed E-state index contributed by atoms with van der Waals surface area (Å²) < 4.78 is 29.6. The van der Waals surface area contributed by atoms with Gasteiger partial charge < -0.3 is 24.5 Å². The number of nitrogens with one attached hydrogen (secondary N) is 2. The molecule has 4 aromatic rings. The first-order valence-electron chi connectivity index (χ1n) is 9.61. The van der Waals surface area contributed by atoms with Gasteiger partial charge in [-0.05, 0) is 48.5 Å². The van der Waals surface area contributed by atoms with Gasteiger partial charge in [-0.1, -0.05) is 18.2 Å². The molecule has 0 saturated carbocycles. The van der Waals surface area contributed by atoms with E-state index in [0.29, 0.717) is 28.5 Å². The van der Waals surface area contributed by atoms with Crippen LogP contribution >= 0.6 is 0 Å². The molecule has 0 aliphatic carbocycles. The van der Waals surface area contributed by atoms with Crippen LogP contribution in [0.4, 0.5) is 15.8 Å². The van der Waals surface area contributed by atoms with Crippen molar-refractivity contribution >= 4 is 34.2 Å². The maximum atomic E-state index is 13.4. The van der Waals surface area contributed by atoms with Crippen LogP contribution in [0.25, 0.3) is 11.0 Å². The maximum Gasteiger partial charge on any atom is 0.291 e. The number of carbonyl (C=O) groups is 2. The van der Waals surface area contributed by atoms with E-state index < -0.39 is 17.6 Å². The first-order chi connectivity index (χ1) is 15.5. The number of amides is 2. The summed E-state index contributed by atoms with van der Waals surface area (Å²) in [5, 5.41) is 6.13. The molecule has 0 unspecified atom stereocenters. The SMILES string of the molecule is COc1ccc(NC(=O)c2cc3cccc(OC)c3o2)cc1NC(=O)c1cccc(F)c1. The van der Waals surface area contributed by atoms with Gasteiger partial charge in [0.25, 0.3) is 11.8 Å². The Labute approximate surface area is 182 Å². The van der Waals surface area contributed by atoms with E-state index in [9.17, 15) is 14.0 Å². The number of hydrogen-bond acceptors (Lipinski definition) is 5. The predicted octanol–water partition coefficient (Wildman–Crippen LogP) is 5.09. The number of ether oxygens (including phenoxy) is 2. The van der Waals surface area contributed by atoms with Crippen LogP contribution in [0, 0.1) is 5.82 Å². The monoisotopic (exact) mass is 434 g/mol. The molecule has 2 N–H and O–H groups in total. The minimum Gasteiger partial charge on any atom is -0.495 e. The molecule has 0 atom stereocenters. The van der Waals surface area contributed by atoms with Crippen molar-refractivity contribution in [3.8, 4) is 11.5 Å². The van der Waals surface area contributed by atoms with Crippen LogP contribution in [0.2, 0.25) is 0 Å². The van der Waals surface area contributed by atoms with Gasteiger partial charge in [0.15, 0.2) is 17.1 Å². The summed E-state index contributed by atoms with van der Waals surface area (Å²) in [5.41, 5.74) is 1.33. The molecule has 2 amide bonds. The molecule has 1 heterocycles. The van der Waals surface area contributed by atoms with Gasteiger partial charge in [0.1, 0.15) is 11.6 Å². The highest BCUT2D eigenvalue weighted by atomic mass is 19.1. The van der Waals surface area contributed by atoms with Crippen molar-refractivity contribution < 1.29 is 27.9 Å². The molecule has 162 valence electrons. The van der Waals surface area contributed by atoms with Crippen LogP contribution < -0.4 is 20.1 Å². The first-order valence-corrected chi connectivity index (χ1v) is 9.61. The molecule has 7 nitrogen and oxygen atoms in total. The zero-order valence-electron chi connectivity index (χ0n) is 17.3. The van der Waals surface area contributed by atoms with Crippen molar-refractivity contribution in [1.29, 1.82) is 0 Å². The summed E-state index contributed by atoms with van der Waals surface area (Å²) in [7, 11) is 2.97. The lowest BCUT2D eigenvalue weighted by Crippen LogP contribution is -2.14. The number of methoxy groups -OCH3 is 2. The summed E-state index contributed by atoms with van der Waals surface area (Å²) in [5.74, 6) is -0.514. The van der Waals surface area contributed by atoms with Gasteiger partial charge in [-0.25, -0.2) is 4.39 Å². The van der Waals surface area contributed by atoms with E-state index in [-0.39, 0.29) is 11.3 Å². The molecule has 32 heavy (non-hydrogen) atoms. The number of para-hydroxylation sites is 1. The Hall–Kier alpha value is -4.33. The van der Waals surface area contributed by atoms with Crippen LogP contribution in [0.1, 0.15) is 20.9 Å². The van der Waals surface area contributed by atoms with Crippen molar-refractivity contribution in [3.05, 3.63) is 83.9 Å². The lowest BCUT2D eigenvalue weighted by atomic mass is 10.2. The molecule has 0 bridgehead atoms. The lowest BCUT2D eigenvalue weighted by Gasteiger charge is -2.12. The van der Waals surface area contributed by atoms with E-state index in [0.717, 1.165) is 11.5 Å². The minimum absolute atomic E-state index is 0.102. The number of furan rings is 1. The molecule has 0 aliphatic heterocycles. The summed E-state index contributed by atoms with van der Waals surface area (Å²) >= 11 is 0. The zero-order chi connectivity index (χ0) is 22.7. The molecule has 8 heteroatoms. The Morgan fingerprint density at radius 3 is 2.38 bits per heavy atom. The highest BCUT2D eigenvalue weighted by Gasteiger charge is 2.17. The standard InChI is InChI=1S/C24H19FN2O5/c1-30-19-10-9-17(13-18(19)27-23(28)15-6-3-7-16(25)11-15)26-24(29)21-12-14-5-4-8-20(31-2)22(14)32-21/h3-13H,1-2H3,(H,26,29)(H,27,28). The van der Waals surface area contributed by atoms with Crippen LogP contribution in [0.15, 0.2) is 71.1 Å². The largest absolute Gasteiger partial charge is 0.495 e. The molecule has 1 aromatic heterocycles. The highest BCUT2D eigenvalue weighted by molar-refractivity contribution is 6.07. The first kappa shape index (κ1) is 20.9. The third-order valence-corrected chi connectivity index (χ3v) is 4.74. The number of anilines is 2. The highest BCUT2D eigenvalue weighted by Crippen LogP contribution is 2.31. The van der Waals surface area contributed by atoms with Crippen molar-refractivity contribution in [2.45, 2.75) is 0 Å². The van der Waals surface area contributed by atoms with Crippen molar-refractivity contribution in [2.75, 3.05) is 24.9 Å². The maximum absolute atomic E-state index is 13.4. The zero-order valence-corrected chi connectivity index (χ0v) is 17.3. The average Bonchev–Trinajstić information content (AvgIpc) is 3.24. The van der Waals surface area contributed by atoms with E-state index >= 15 is 0 Å². The van der Waals surface area contributed by atoms with Gasteiger partial charge in [-0.15, -0.1) is 0 Å². The van der Waals surface area contributed by atoms with E-state index in [1.54, 1.807) is 30.3 Å². The Balaban J connectivity index is 1.57. The Morgan fingerprint density at radius 2 is 1.62 bits per heavy atom. The smallest absolute Gasteiger partial charge is 0.291 e. The van der Waals surface area contributed by atoms with Crippen molar-refractivity contribution in [3.63, 3.8) is 0 Å². The molecule has 0 radical (unpaired) electrons. The van der Waals surface area contributed by atoms with Crippen LogP contribution in [0.3, 0.4) is 0 Å². The van der Waals surface area contributed by atoms with Gasteiger partial charge in [0.05, 0.1) is 19.9 Å². The van der Waals surface area contributed by atoms with Gasteiger partial charge in [0.2, 0.25) is 0 Å². The number of fused-ring (bicyclic) bond motifs is 1. The molecule has 4 rings (SSSR count). The lowest BCUT2D eigenvalue weighted by molar-refractivity contribution is 0.0996. The molecular weight excluding hydrogens is 415 g/mol. The van der Waals surface area contributed by atoms with Crippen LogP contribution in [-0.2, 0) is 0 Å². The average molecular weight is 434 g/mol. The fraction of sp³-hybridized carbons (Fsp3) is 0.0833. The van der Waals surface area contributed by atoms with Crippen LogP contribution in [0.5, 0.6) is 11.5 Å². The van der Waals surface area contributed by atoms with E-state index in [2.05, 4.69) is 10.6 Å². The fourth-order valence-corrected chi connectivity index (χ4v) is 3.21. The number of rotatable bonds is 6. The molecule has 0 aliphatic rings. The summed E-state index contributed by atoms with van der Waals surface area (Å²) in [6.07, 6.45) is 0. The molecule has 3 aromatic carbocycles. The fourth-order valence-electron chi connectivity index (χ4n) is 3.21. The number of hydrogen-bond donors (Lipinski definition) is 2. The number of carbonyl (C=O) groups excluding carboxylic acids is 2. The second-order valence-corrected chi connectivity index (χ2v) is 6.82. The van der Waals surface area contributed by atoms with Gasteiger partial charge in [0, 0.05) is 16.6 Å². The Bertz CT molecular complexity index is 1310. The third-order valence-electron chi connectivity index (χ3n) is 4.74. The van der Waals surface area contributed by atoms with E-state index in [1.165, 1.54) is 38.5 Å². The van der Waals surface area contributed by atoms with Gasteiger partial charge in [-0.2, -0.15) is 0 Å². The summed E-state index contributed by atoms with van der Waals surface area (Å²) in [6, 6.07) is 17.0. The van der Waals surface area contributed by atoms with E-state index in [4.69, 9.17) is 13.9 Å². The molecule has 0 saturated heterocycles. The minimum atomic E-state index is -0.520. The Morgan fingerprint density at radius 1 is 0.844 bits per heavy atom. The molecule has 0 fully saturated rings. The predicted molar refractivity (Wildman–Crippen MR) is 118 cm³/mol. The van der Waals surface area contributed by atoms with Crippen molar-refractivity contribution in [2.24, 2.45) is 0 Å². The van der Waals surface area contributed by atoms with Gasteiger partial charge in [-0.3, -0.25) is 9.59 Å². The number of benzene rings is 3. The second-order valence-electron chi connectivity index (χ2n) is 6.82. The topological polar surface area (TPSA) is 89.8 Å². The normalized spacial score (nSPS) is 10.6.